The van der Waals surface area contributed by atoms with Crippen LogP contribution in [0.4, 0.5) is 0 Å². The third-order valence-corrected chi connectivity index (χ3v) is 6.61. The standard InChI is InChI=1S/C11H27NO3Si/c1-4-14-16(3,15-5-2)11(8-9-12)7-6-10-13/h11,13H,4-10,12H2,1-3H3. The van der Waals surface area contributed by atoms with E-state index in [4.69, 9.17) is 19.7 Å². The van der Waals surface area contributed by atoms with Gasteiger partial charge in [0.15, 0.2) is 0 Å². The highest BCUT2D eigenvalue weighted by Gasteiger charge is 2.39. The molecule has 0 saturated heterocycles. The molecule has 1 atom stereocenters. The molecule has 0 aliphatic heterocycles. The fraction of sp³-hybridized carbons (Fsp3) is 1.00. The minimum absolute atomic E-state index is 0.226. The lowest BCUT2D eigenvalue weighted by atomic mass is 10.2. The molecule has 16 heavy (non-hydrogen) atoms. The van der Waals surface area contributed by atoms with Crippen LogP contribution in [0.15, 0.2) is 0 Å². The Morgan fingerprint density at radius 1 is 1.19 bits per heavy atom. The molecule has 1 unspecified atom stereocenters. The van der Waals surface area contributed by atoms with Gasteiger partial charge in [0.25, 0.3) is 0 Å². The summed E-state index contributed by atoms with van der Waals surface area (Å²) < 4.78 is 11.7. The zero-order valence-corrected chi connectivity index (χ0v) is 11.9. The molecule has 4 nitrogen and oxygen atoms in total. The summed E-state index contributed by atoms with van der Waals surface area (Å²) >= 11 is 0. The van der Waals surface area contributed by atoms with E-state index in [0.29, 0.717) is 25.3 Å². The second kappa shape index (κ2) is 9.12. The first-order chi connectivity index (χ1) is 7.64. The average molecular weight is 249 g/mol. The van der Waals surface area contributed by atoms with Crippen molar-refractivity contribution in [3.63, 3.8) is 0 Å². The van der Waals surface area contributed by atoms with E-state index in [2.05, 4.69) is 6.55 Å². The molecule has 0 aliphatic rings. The Hall–Kier alpha value is 0.0569. The maximum absolute atomic E-state index is 8.91. The van der Waals surface area contributed by atoms with E-state index in [-0.39, 0.29) is 6.61 Å². The number of aliphatic hydroxyl groups excluding tert-OH is 1. The predicted molar refractivity (Wildman–Crippen MR) is 68.6 cm³/mol. The van der Waals surface area contributed by atoms with Crippen LogP contribution in [0.1, 0.15) is 33.1 Å². The van der Waals surface area contributed by atoms with Crippen molar-refractivity contribution in [1.82, 2.24) is 0 Å². The molecule has 0 rings (SSSR count). The Kier molecular flexibility index (Phi) is 9.16. The van der Waals surface area contributed by atoms with Gasteiger partial charge >= 0.3 is 8.56 Å². The van der Waals surface area contributed by atoms with Gasteiger partial charge in [0.2, 0.25) is 0 Å². The summed E-state index contributed by atoms with van der Waals surface area (Å²) in [6.45, 7) is 8.35. The SMILES string of the molecule is CCO[Si](C)(OCC)C(CCN)CCCO. The smallest absolute Gasteiger partial charge is 0.338 e. The van der Waals surface area contributed by atoms with Gasteiger partial charge in [-0.2, -0.15) is 0 Å². The Morgan fingerprint density at radius 3 is 2.12 bits per heavy atom. The van der Waals surface area contributed by atoms with Gasteiger partial charge in [-0.1, -0.05) is 0 Å². The summed E-state index contributed by atoms with van der Waals surface area (Å²) in [7, 11) is -2.13. The molecule has 0 fully saturated rings. The highest BCUT2D eigenvalue weighted by Crippen LogP contribution is 2.31. The van der Waals surface area contributed by atoms with Gasteiger partial charge in [0.05, 0.1) is 0 Å². The van der Waals surface area contributed by atoms with E-state index >= 15 is 0 Å². The predicted octanol–water partition coefficient (Wildman–Crippen LogP) is 1.62. The van der Waals surface area contributed by atoms with E-state index < -0.39 is 8.56 Å². The van der Waals surface area contributed by atoms with E-state index in [1.165, 1.54) is 0 Å². The molecule has 3 N–H and O–H groups in total. The monoisotopic (exact) mass is 249 g/mol. The fourth-order valence-corrected chi connectivity index (χ4v) is 5.18. The Bertz CT molecular complexity index is 163. The van der Waals surface area contributed by atoms with Crippen LogP contribution in [-0.2, 0) is 8.85 Å². The lowest BCUT2D eigenvalue weighted by Gasteiger charge is -2.34. The molecule has 0 amide bonds. The molecule has 0 aromatic rings. The van der Waals surface area contributed by atoms with Crippen LogP contribution < -0.4 is 5.73 Å². The minimum atomic E-state index is -2.13. The molecule has 0 bridgehead atoms. The van der Waals surface area contributed by atoms with E-state index in [1.54, 1.807) is 0 Å². The van der Waals surface area contributed by atoms with Gasteiger partial charge in [-0.15, -0.1) is 0 Å². The van der Waals surface area contributed by atoms with Crippen molar-refractivity contribution in [2.45, 2.75) is 45.2 Å². The van der Waals surface area contributed by atoms with Crippen LogP contribution in [0.2, 0.25) is 12.1 Å². The Labute approximate surface area is 100 Å². The second-order valence-corrected chi connectivity index (χ2v) is 7.45. The van der Waals surface area contributed by atoms with Crippen molar-refractivity contribution in [3.05, 3.63) is 0 Å². The summed E-state index contributed by atoms with van der Waals surface area (Å²) in [6, 6.07) is 0. The molecule has 0 aromatic carbocycles. The van der Waals surface area contributed by atoms with Crippen molar-refractivity contribution in [2.24, 2.45) is 5.73 Å². The molecule has 5 heteroatoms. The summed E-state index contributed by atoms with van der Waals surface area (Å²) in [5.74, 6) is 0. The van der Waals surface area contributed by atoms with E-state index in [9.17, 15) is 0 Å². The average Bonchev–Trinajstić information content (AvgIpc) is 2.24. The van der Waals surface area contributed by atoms with Gasteiger partial charge < -0.3 is 19.7 Å². The molecule has 0 spiro atoms. The first kappa shape index (κ1) is 16.1. The van der Waals surface area contributed by atoms with Gasteiger partial charge in [-0.25, -0.2) is 0 Å². The zero-order valence-electron chi connectivity index (χ0n) is 10.9. The van der Waals surface area contributed by atoms with E-state index in [0.717, 1.165) is 19.3 Å². The number of hydrogen-bond donors (Lipinski definition) is 2. The molecular formula is C11H27NO3Si. The quantitative estimate of drug-likeness (QED) is 0.578. The summed E-state index contributed by atoms with van der Waals surface area (Å²) in [4.78, 5) is 0. The second-order valence-electron chi connectivity index (χ2n) is 4.02. The van der Waals surface area contributed by atoms with Crippen molar-refractivity contribution in [3.8, 4) is 0 Å². The minimum Gasteiger partial charge on any atom is -0.396 e. The summed E-state index contributed by atoms with van der Waals surface area (Å²) in [5, 5.41) is 8.91. The fourth-order valence-electron chi connectivity index (χ4n) is 2.06. The van der Waals surface area contributed by atoms with Crippen LogP contribution in [0.5, 0.6) is 0 Å². The van der Waals surface area contributed by atoms with Gasteiger partial charge in [0.1, 0.15) is 0 Å². The molecule has 0 saturated carbocycles. The van der Waals surface area contributed by atoms with Crippen LogP contribution in [0.3, 0.4) is 0 Å². The largest absolute Gasteiger partial charge is 0.396 e. The number of hydrogen-bond acceptors (Lipinski definition) is 4. The highest BCUT2D eigenvalue weighted by atomic mass is 28.4. The van der Waals surface area contributed by atoms with Crippen LogP contribution in [-0.4, -0.2) is 40.0 Å². The maximum atomic E-state index is 8.91. The van der Waals surface area contributed by atoms with Crippen molar-refractivity contribution < 1.29 is 14.0 Å². The number of nitrogens with two attached hydrogens (primary N) is 1. The normalized spacial score (nSPS) is 14.1. The molecule has 0 aromatic heterocycles. The topological polar surface area (TPSA) is 64.7 Å². The lowest BCUT2D eigenvalue weighted by Crippen LogP contribution is -2.44. The highest BCUT2D eigenvalue weighted by molar-refractivity contribution is 6.67. The van der Waals surface area contributed by atoms with Crippen LogP contribution >= 0.6 is 0 Å². The molecule has 98 valence electrons. The Morgan fingerprint density at radius 2 is 1.75 bits per heavy atom. The zero-order chi connectivity index (χ0) is 12.4. The summed E-state index contributed by atoms with van der Waals surface area (Å²) in [6.07, 6.45) is 2.66. The summed E-state index contributed by atoms with van der Waals surface area (Å²) in [5.41, 5.74) is 6.02. The van der Waals surface area contributed by atoms with E-state index in [1.807, 2.05) is 13.8 Å². The Balaban J connectivity index is 4.49. The first-order valence-electron chi connectivity index (χ1n) is 6.23. The number of rotatable bonds is 10. The third-order valence-electron chi connectivity index (χ3n) is 2.83. The van der Waals surface area contributed by atoms with Gasteiger partial charge in [-0.05, 0) is 46.2 Å². The molecule has 0 aliphatic carbocycles. The van der Waals surface area contributed by atoms with Gasteiger partial charge in [0, 0.05) is 25.4 Å². The van der Waals surface area contributed by atoms with Crippen LogP contribution in [0.25, 0.3) is 0 Å². The maximum Gasteiger partial charge on any atom is 0.338 e. The van der Waals surface area contributed by atoms with Crippen LogP contribution in [0, 0.1) is 0 Å². The third kappa shape index (κ3) is 5.40. The molecular weight excluding hydrogens is 222 g/mol. The first-order valence-corrected chi connectivity index (χ1v) is 8.62. The molecule has 0 radical (unpaired) electrons. The van der Waals surface area contributed by atoms with Crippen molar-refractivity contribution in [1.29, 1.82) is 0 Å². The molecule has 0 heterocycles. The number of aliphatic hydroxyl groups is 1. The van der Waals surface area contributed by atoms with Crippen molar-refractivity contribution in [2.75, 3.05) is 26.4 Å². The van der Waals surface area contributed by atoms with Crippen molar-refractivity contribution >= 4 is 8.56 Å². The van der Waals surface area contributed by atoms with Gasteiger partial charge in [-0.3, -0.25) is 0 Å². The lowest BCUT2D eigenvalue weighted by molar-refractivity contribution is 0.173.